The minimum Gasteiger partial charge on any atom is -0.478 e. The molecule has 7 N–H and O–H groups in total. The lowest BCUT2D eigenvalue weighted by molar-refractivity contribution is -0.277. The first-order valence-electron chi connectivity index (χ1n) is 10.1. The van der Waals surface area contributed by atoms with Crippen molar-refractivity contribution in [3.05, 3.63) is 57.1 Å². The number of rotatable bonds is 6. The smallest absolute Gasteiger partial charge is 0.399 e. The molecule has 0 amide bonds. The SMILES string of the molecule is Cc1c(C(=O)O)ccc(-c2ccc(Cl)cc2Cl)c1C(=O)O.O=S(=O)(O)O[C@@H]1O[C@H](CO)[C@@H](O)[C@H](O)[C@H]1O. The number of benzene rings is 2. The number of hydrogen-bond acceptors (Lipinski definition) is 10. The largest absolute Gasteiger partial charge is 0.478 e. The van der Waals surface area contributed by atoms with Crippen molar-refractivity contribution in [2.45, 2.75) is 37.6 Å². The Kier molecular flexibility index (Phi) is 10.4. The molecule has 1 heterocycles. The number of carbonyl (C=O) groups is 2. The molecule has 1 fully saturated rings. The van der Waals surface area contributed by atoms with Crippen LogP contribution in [-0.4, -0.2) is 92.9 Å². The van der Waals surface area contributed by atoms with Crippen LogP contribution in [0.1, 0.15) is 26.3 Å². The molecule has 37 heavy (non-hydrogen) atoms. The third-order valence-corrected chi connectivity index (χ3v) is 6.18. The lowest BCUT2D eigenvalue weighted by atomic mass is 9.92. The summed E-state index contributed by atoms with van der Waals surface area (Å²) in [4.78, 5) is 22.6. The number of aliphatic hydroxyl groups excluding tert-OH is 4. The first kappa shape index (κ1) is 30.9. The van der Waals surface area contributed by atoms with Crippen LogP contribution in [0.5, 0.6) is 0 Å². The van der Waals surface area contributed by atoms with Crippen LogP contribution in [0.25, 0.3) is 11.1 Å². The summed E-state index contributed by atoms with van der Waals surface area (Å²) in [5.41, 5.74) is 0.879. The molecular weight excluding hydrogens is 563 g/mol. The van der Waals surface area contributed by atoms with Crippen molar-refractivity contribution in [3.8, 4) is 11.1 Å². The first-order chi connectivity index (χ1) is 17.1. The normalized spacial score (nSPS) is 23.6. The highest BCUT2D eigenvalue weighted by atomic mass is 35.5. The third-order valence-electron chi connectivity index (χ3n) is 5.20. The van der Waals surface area contributed by atoms with E-state index >= 15 is 0 Å². The maximum Gasteiger partial charge on any atom is 0.399 e. The van der Waals surface area contributed by atoms with Crippen molar-refractivity contribution in [2.75, 3.05) is 6.61 Å². The molecule has 204 valence electrons. The highest BCUT2D eigenvalue weighted by Crippen LogP contribution is 2.34. The standard InChI is InChI=1S/C15H10Cl2O4.C6H12O9S/c1-7-9(14(18)19)4-5-11(13(7)15(20)21)10-3-2-8(16)6-12(10)17;7-1-2-3(8)4(9)5(10)6(14-2)15-16(11,12)13/h2-6H,1H3,(H,18,19)(H,20,21);2-10H,1H2,(H,11,12,13)/t;2-,3-,4+,5-,6+/m.1/s1. The zero-order valence-corrected chi connectivity index (χ0v) is 21.1. The predicted octanol–water partition coefficient (Wildman–Crippen LogP) is 0.971. The third kappa shape index (κ3) is 7.58. The highest BCUT2D eigenvalue weighted by Gasteiger charge is 2.45. The molecule has 3 rings (SSSR count). The summed E-state index contributed by atoms with van der Waals surface area (Å²) in [5.74, 6) is -2.39. The molecule has 0 bridgehead atoms. The van der Waals surface area contributed by atoms with E-state index in [1.54, 1.807) is 12.1 Å². The zero-order chi connectivity index (χ0) is 28.2. The average molecular weight is 585 g/mol. The van der Waals surface area contributed by atoms with Gasteiger partial charge in [0.15, 0.2) is 0 Å². The van der Waals surface area contributed by atoms with Crippen molar-refractivity contribution in [1.82, 2.24) is 0 Å². The van der Waals surface area contributed by atoms with Crippen LogP contribution in [0.4, 0.5) is 0 Å². The van der Waals surface area contributed by atoms with Crippen LogP contribution in [0.15, 0.2) is 30.3 Å². The van der Waals surface area contributed by atoms with Gasteiger partial charge in [-0.1, -0.05) is 35.3 Å². The molecular formula is C21H22Cl2O13S. The number of aliphatic hydroxyl groups is 4. The number of halogens is 2. The molecule has 0 aliphatic carbocycles. The summed E-state index contributed by atoms with van der Waals surface area (Å²) in [6.07, 6.45) is -8.46. The van der Waals surface area contributed by atoms with E-state index in [-0.39, 0.29) is 16.7 Å². The number of aromatic carboxylic acids is 2. The summed E-state index contributed by atoms with van der Waals surface area (Å²) in [6, 6.07) is 7.51. The van der Waals surface area contributed by atoms with Gasteiger partial charge in [-0.25, -0.2) is 13.8 Å². The van der Waals surface area contributed by atoms with Crippen molar-refractivity contribution in [1.29, 1.82) is 0 Å². The Balaban J connectivity index is 0.000000271. The maximum atomic E-state index is 11.5. The van der Waals surface area contributed by atoms with Crippen molar-refractivity contribution < 1.29 is 62.1 Å². The molecule has 1 aliphatic heterocycles. The van der Waals surface area contributed by atoms with Crippen LogP contribution in [0.2, 0.25) is 10.0 Å². The Morgan fingerprint density at radius 2 is 1.57 bits per heavy atom. The van der Waals surface area contributed by atoms with Crippen molar-refractivity contribution in [3.63, 3.8) is 0 Å². The molecule has 0 saturated carbocycles. The Morgan fingerprint density at radius 1 is 0.973 bits per heavy atom. The van der Waals surface area contributed by atoms with Gasteiger partial charge in [-0.15, -0.1) is 0 Å². The summed E-state index contributed by atoms with van der Waals surface area (Å²) in [7, 11) is -4.89. The lowest BCUT2D eigenvalue weighted by Gasteiger charge is -2.38. The fourth-order valence-electron chi connectivity index (χ4n) is 3.42. The minimum absolute atomic E-state index is 0.0544. The highest BCUT2D eigenvalue weighted by molar-refractivity contribution is 7.80. The van der Waals surface area contributed by atoms with Gasteiger partial charge in [-0.05, 0) is 36.2 Å². The van der Waals surface area contributed by atoms with Crippen LogP contribution in [0, 0.1) is 6.92 Å². The molecule has 2 aromatic carbocycles. The van der Waals surface area contributed by atoms with Gasteiger partial charge in [-0.3, -0.25) is 4.55 Å². The molecule has 2 aromatic rings. The molecule has 5 atom stereocenters. The zero-order valence-electron chi connectivity index (χ0n) is 18.7. The van der Waals surface area contributed by atoms with Gasteiger partial charge in [0.1, 0.15) is 24.4 Å². The van der Waals surface area contributed by atoms with Gasteiger partial charge in [-0.2, -0.15) is 8.42 Å². The molecule has 0 unspecified atom stereocenters. The van der Waals surface area contributed by atoms with Gasteiger partial charge in [0, 0.05) is 15.6 Å². The Labute approximate surface area is 220 Å². The molecule has 0 radical (unpaired) electrons. The molecule has 1 aliphatic rings. The number of carboxylic acid groups (broad SMARTS) is 2. The second-order valence-corrected chi connectivity index (χ2v) is 9.51. The van der Waals surface area contributed by atoms with E-state index < -0.39 is 59.7 Å². The van der Waals surface area contributed by atoms with E-state index in [4.69, 9.17) is 38.0 Å². The Morgan fingerprint density at radius 3 is 2.05 bits per heavy atom. The van der Waals surface area contributed by atoms with E-state index in [1.807, 2.05) is 0 Å². The maximum absolute atomic E-state index is 11.5. The Bertz CT molecular complexity index is 1270. The van der Waals surface area contributed by atoms with Crippen molar-refractivity contribution in [2.24, 2.45) is 0 Å². The van der Waals surface area contributed by atoms with E-state index in [2.05, 4.69) is 8.92 Å². The molecule has 1 saturated heterocycles. The summed E-state index contributed by atoms with van der Waals surface area (Å²) >= 11 is 11.9. The first-order valence-corrected chi connectivity index (χ1v) is 12.2. The summed E-state index contributed by atoms with van der Waals surface area (Å²) < 4.78 is 37.6. The van der Waals surface area contributed by atoms with E-state index in [0.29, 0.717) is 21.2 Å². The van der Waals surface area contributed by atoms with Crippen LogP contribution in [0.3, 0.4) is 0 Å². The van der Waals surface area contributed by atoms with Crippen LogP contribution >= 0.6 is 23.2 Å². The van der Waals surface area contributed by atoms with Gasteiger partial charge in [0.25, 0.3) is 0 Å². The fourth-order valence-corrected chi connectivity index (χ4v) is 4.33. The molecule has 0 aromatic heterocycles. The van der Waals surface area contributed by atoms with Gasteiger partial charge in [0.2, 0.25) is 6.29 Å². The van der Waals surface area contributed by atoms with Gasteiger partial charge >= 0.3 is 22.3 Å². The molecule has 0 spiro atoms. The van der Waals surface area contributed by atoms with Gasteiger partial charge in [0.05, 0.1) is 17.7 Å². The van der Waals surface area contributed by atoms with Crippen LogP contribution < -0.4 is 0 Å². The summed E-state index contributed by atoms with van der Waals surface area (Å²) in [5, 5.41) is 55.7. The van der Waals surface area contributed by atoms with E-state index in [1.165, 1.54) is 25.1 Å². The predicted molar refractivity (Wildman–Crippen MR) is 127 cm³/mol. The quantitative estimate of drug-likeness (QED) is 0.235. The lowest BCUT2D eigenvalue weighted by Crippen LogP contribution is -2.59. The second-order valence-electron chi connectivity index (χ2n) is 7.62. The Hall–Kier alpha value is -2.37. The van der Waals surface area contributed by atoms with Gasteiger partial charge < -0.3 is 35.4 Å². The topological polar surface area (TPSA) is 228 Å². The van der Waals surface area contributed by atoms with E-state index in [9.17, 15) is 38.4 Å². The van der Waals surface area contributed by atoms with Crippen molar-refractivity contribution >= 4 is 45.5 Å². The summed E-state index contributed by atoms with van der Waals surface area (Å²) in [6.45, 7) is 0.733. The van der Waals surface area contributed by atoms with E-state index in [0.717, 1.165) is 0 Å². The average Bonchev–Trinajstić information content (AvgIpc) is 2.78. The van der Waals surface area contributed by atoms with Crippen LogP contribution in [-0.2, 0) is 19.3 Å². The number of carboxylic acids is 2. The minimum atomic E-state index is -4.89. The number of ether oxygens (including phenoxy) is 1. The number of hydrogen-bond donors (Lipinski definition) is 7. The molecule has 16 heteroatoms. The fraction of sp³-hybridized carbons (Fsp3) is 0.333. The monoisotopic (exact) mass is 584 g/mol. The second kappa shape index (κ2) is 12.4. The molecule has 13 nitrogen and oxygen atoms in total.